The molecule has 0 aromatic carbocycles. The van der Waals surface area contributed by atoms with E-state index in [1.807, 2.05) is 0 Å². The van der Waals surface area contributed by atoms with E-state index in [1.165, 1.54) is 25.7 Å². The maximum atomic E-state index is 9.16. The van der Waals surface area contributed by atoms with E-state index in [9.17, 15) is 0 Å². The minimum atomic E-state index is 0.302. The van der Waals surface area contributed by atoms with Crippen molar-refractivity contribution in [2.24, 2.45) is 22.6 Å². The molecular weight excluding hydrogens is 190 g/mol. The molecule has 2 fully saturated rings. The van der Waals surface area contributed by atoms with Crippen molar-refractivity contribution in [3.8, 4) is 0 Å². The second-order valence-corrected chi connectivity index (χ2v) is 4.78. The number of nitrogens with zero attached hydrogens (tertiary/aromatic N) is 1. The number of hydrogen-bond donors (Lipinski definition) is 3. The molecule has 0 heterocycles. The Hall–Kier alpha value is -0.770. The monoisotopic (exact) mass is 211 g/mol. The molecule has 0 spiro atoms. The molecule has 4 heteroatoms. The summed E-state index contributed by atoms with van der Waals surface area (Å²) in [5.74, 6) is 1.57. The maximum absolute atomic E-state index is 9.16. The van der Waals surface area contributed by atoms with Crippen LogP contribution in [0.2, 0.25) is 0 Å². The summed E-state index contributed by atoms with van der Waals surface area (Å²) in [4.78, 5) is 4.36. The molecule has 2 aliphatic rings. The second kappa shape index (κ2) is 4.84. The van der Waals surface area contributed by atoms with Crippen molar-refractivity contribution in [1.29, 1.82) is 0 Å². The quantitative estimate of drug-likeness (QED) is 0.467. The first-order valence-corrected chi connectivity index (χ1v) is 5.97. The largest absolute Gasteiger partial charge is 0.396 e. The Morgan fingerprint density at radius 3 is 2.67 bits per heavy atom. The number of guanidine groups is 1. The van der Waals surface area contributed by atoms with Crippen molar-refractivity contribution in [1.82, 2.24) is 5.32 Å². The summed E-state index contributed by atoms with van der Waals surface area (Å²) in [6.45, 7) is 1.08. The van der Waals surface area contributed by atoms with Gasteiger partial charge in [0, 0.05) is 19.2 Å². The summed E-state index contributed by atoms with van der Waals surface area (Å²) in [6, 6.07) is 0.575. The standard InChI is InChI=1S/C11H21N3O/c12-11(14-10-4-5-10)13-6-8-2-1-3-9(8)7-15/h8-10,15H,1-7H2,(H3,12,13,14). The lowest BCUT2D eigenvalue weighted by molar-refractivity contribution is 0.197. The van der Waals surface area contributed by atoms with Gasteiger partial charge in [-0.2, -0.15) is 0 Å². The number of aliphatic hydroxyl groups excluding tert-OH is 1. The lowest BCUT2D eigenvalue weighted by Crippen LogP contribution is -2.34. The Kier molecular flexibility index (Phi) is 3.46. The molecule has 2 atom stereocenters. The summed E-state index contributed by atoms with van der Waals surface area (Å²) in [5.41, 5.74) is 5.76. The summed E-state index contributed by atoms with van der Waals surface area (Å²) in [5, 5.41) is 12.3. The Morgan fingerprint density at radius 2 is 2.00 bits per heavy atom. The SMILES string of the molecule is NC(=NCC1CCCC1CO)NC1CC1. The number of nitrogens with one attached hydrogen (secondary N) is 1. The fourth-order valence-corrected chi connectivity index (χ4v) is 2.29. The third-order valence-corrected chi connectivity index (χ3v) is 3.48. The Morgan fingerprint density at radius 1 is 1.27 bits per heavy atom. The molecule has 2 saturated carbocycles. The van der Waals surface area contributed by atoms with Gasteiger partial charge < -0.3 is 16.2 Å². The van der Waals surface area contributed by atoms with Gasteiger partial charge in [-0.3, -0.25) is 4.99 Å². The summed E-state index contributed by atoms with van der Waals surface area (Å²) >= 11 is 0. The third kappa shape index (κ3) is 3.09. The molecule has 0 aliphatic heterocycles. The van der Waals surface area contributed by atoms with Crippen LogP contribution in [0.3, 0.4) is 0 Å². The average molecular weight is 211 g/mol. The van der Waals surface area contributed by atoms with Crippen LogP contribution in [0.15, 0.2) is 4.99 Å². The summed E-state index contributed by atoms with van der Waals surface area (Å²) in [6.07, 6.45) is 6.00. The van der Waals surface area contributed by atoms with Crippen molar-refractivity contribution in [2.75, 3.05) is 13.2 Å². The zero-order valence-electron chi connectivity index (χ0n) is 9.15. The van der Waals surface area contributed by atoms with Gasteiger partial charge in [-0.15, -0.1) is 0 Å². The normalized spacial score (nSPS) is 31.9. The highest BCUT2D eigenvalue weighted by atomic mass is 16.3. The van der Waals surface area contributed by atoms with Crippen molar-refractivity contribution < 1.29 is 5.11 Å². The number of rotatable bonds is 4. The first kappa shape index (κ1) is 10.7. The van der Waals surface area contributed by atoms with Crippen LogP contribution in [-0.4, -0.2) is 30.3 Å². The molecule has 0 aromatic rings. The van der Waals surface area contributed by atoms with Gasteiger partial charge >= 0.3 is 0 Å². The van der Waals surface area contributed by atoms with Crippen molar-refractivity contribution >= 4 is 5.96 Å². The topological polar surface area (TPSA) is 70.6 Å². The van der Waals surface area contributed by atoms with Crippen LogP contribution >= 0.6 is 0 Å². The Bertz CT molecular complexity index is 238. The van der Waals surface area contributed by atoms with Crippen LogP contribution in [0.4, 0.5) is 0 Å². The molecule has 15 heavy (non-hydrogen) atoms. The number of aliphatic hydroxyl groups is 1. The minimum absolute atomic E-state index is 0.302. The fourth-order valence-electron chi connectivity index (χ4n) is 2.29. The number of hydrogen-bond acceptors (Lipinski definition) is 2. The lowest BCUT2D eigenvalue weighted by Gasteiger charge is -2.15. The second-order valence-electron chi connectivity index (χ2n) is 4.78. The molecular formula is C11H21N3O. The molecule has 2 unspecified atom stereocenters. The molecule has 0 amide bonds. The molecule has 4 nitrogen and oxygen atoms in total. The highest BCUT2D eigenvalue weighted by molar-refractivity contribution is 5.78. The van der Waals surface area contributed by atoms with Crippen LogP contribution < -0.4 is 11.1 Å². The van der Waals surface area contributed by atoms with E-state index < -0.39 is 0 Å². The molecule has 4 N–H and O–H groups in total. The third-order valence-electron chi connectivity index (χ3n) is 3.48. The number of nitrogens with two attached hydrogens (primary N) is 1. The molecule has 2 aliphatic carbocycles. The highest BCUT2D eigenvalue weighted by Crippen LogP contribution is 2.31. The van der Waals surface area contributed by atoms with Crippen molar-refractivity contribution in [3.63, 3.8) is 0 Å². The van der Waals surface area contributed by atoms with Crippen LogP contribution in [0.5, 0.6) is 0 Å². The van der Waals surface area contributed by atoms with Gasteiger partial charge in [-0.1, -0.05) is 6.42 Å². The van der Waals surface area contributed by atoms with E-state index in [2.05, 4.69) is 10.3 Å². The van der Waals surface area contributed by atoms with E-state index in [-0.39, 0.29) is 0 Å². The van der Waals surface area contributed by atoms with Gasteiger partial charge in [0.15, 0.2) is 5.96 Å². The predicted octanol–water partition coefficient (Wildman–Crippen LogP) is 0.462. The van der Waals surface area contributed by atoms with Gasteiger partial charge in [0.25, 0.3) is 0 Å². The van der Waals surface area contributed by atoms with Crippen molar-refractivity contribution in [3.05, 3.63) is 0 Å². The van der Waals surface area contributed by atoms with Gasteiger partial charge in [0.05, 0.1) is 0 Å². The molecule has 86 valence electrons. The predicted molar refractivity (Wildman–Crippen MR) is 60.6 cm³/mol. The Labute approximate surface area is 91.0 Å². The van der Waals surface area contributed by atoms with Gasteiger partial charge in [0.2, 0.25) is 0 Å². The van der Waals surface area contributed by atoms with Gasteiger partial charge in [-0.25, -0.2) is 0 Å². The van der Waals surface area contributed by atoms with Crippen LogP contribution in [0, 0.1) is 11.8 Å². The van der Waals surface area contributed by atoms with E-state index in [0.29, 0.717) is 30.4 Å². The van der Waals surface area contributed by atoms with Crippen LogP contribution in [0.1, 0.15) is 32.1 Å². The van der Waals surface area contributed by atoms with Crippen LogP contribution in [-0.2, 0) is 0 Å². The summed E-state index contributed by atoms with van der Waals surface area (Å²) < 4.78 is 0. The minimum Gasteiger partial charge on any atom is -0.396 e. The zero-order chi connectivity index (χ0) is 10.7. The molecule has 0 radical (unpaired) electrons. The number of aliphatic imine (C=N–C) groups is 1. The molecule has 2 rings (SSSR count). The molecule has 0 bridgehead atoms. The summed E-state index contributed by atoms with van der Waals surface area (Å²) in [7, 11) is 0. The average Bonchev–Trinajstić information content (AvgIpc) is 2.92. The molecule has 0 saturated heterocycles. The smallest absolute Gasteiger partial charge is 0.188 e. The Balaban J connectivity index is 1.74. The first-order valence-electron chi connectivity index (χ1n) is 5.97. The fraction of sp³-hybridized carbons (Fsp3) is 0.909. The zero-order valence-corrected chi connectivity index (χ0v) is 9.15. The van der Waals surface area contributed by atoms with Gasteiger partial charge in [-0.05, 0) is 37.5 Å². The van der Waals surface area contributed by atoms with E-state index in [1.54, 1.807) is 0 Å². The van der Waals surface area contributed by atoms with E-state index >= 15 is 0 Å². The first-order chi connectivity index (χ1) is 7.29. The van der Waals surface area contributed by atoms with Crippen molar-refractivity contribution in [2.45, 2.75) is 38.1 Å². The lowest BCUT2D eigenvalue weighted by atomic mass is 9.97. The van der Waals surface area contributed by atoms with E-state index in [0.717, 1.165) is 13.0 Å². The maximum Gasteiger partial charge on any atom is 0.188 e. The van der Waals surface area contributed by atoms with Crippen LogP contribution in [0.25, 0.3) is 0 Å². The molecule has 0 aromatic heterocycles. The van der Waals surface area contributed by atoms with E-state index in [4.69, 9.17) is 10.8 Å². The highest BCUT2D eigenvalue weighted by Gasteiger charge is 2.26. The van der Waals surface area contributed by atoms with Gasteiger partial charge in [0.1, 0.15) is 0 Å².